The van der Waals surface area contributed by atoms with Crippen LogP contribution in [0.5, 0.6) is 0 Å². The van der Waals surface area contributed by atoms with Crippen LogP contribution in [-0.2, 0) is 20.1 Å². The Balaban J connectivity index is 0.000000208. The van der Waals surface area contributed by atoms with Crippen LogP contribution in [0.4, 0.5) is 0 Å². The van der Waals surface area contributed by atoms with Gasteiger partial charge < -0.3 is 13.7 Å². The first-order valence-electron chi connectivity index (χ1n) is 15.3. The van der Waals surface area contributed by atoms with Crippen LogP contribution in [0.15, 0.2) is 109 Å². The predicted molar refractivity (Wildman–Crippen MR) is 190 cm³/mol. The summed E-state index contributed by atoms with van der Waals surface area (Å²) in [5.74, 6) is 0. The average Bonchev–Trinajstić information content (AvgIpc) is 3.01. The van der Waals surface area contributed by atoms with Crippen molar-refractivity contribution in [1.82, 2.24) is 0 Å². The molecule has 0 aliphatic heterocycles. The van der Waals surface area contributed by atoms with Gasteiger partial charge in [0.2, 0.25) is 0 Å². The van der Waals surface area contributed by atoms with Crippen LogP contribution < -0.4 is 13.7 Å². The minimum absolute atomic E-state index is 0. The van der Waals surface area contributed by atoms with Gasteiger partial charge in [-0.25, -0.2) is 0 Å². The van der Waals surface area contributed by atoms with Crippen molar-refractivity contribution in [3.05, 3.63) is 190 Å². The van der Waals surface area contributed by atoms with Crippen LogP contribution in [0.25, 0.3) is 45.0 Å². The number of aromatic nitrogens is 3. The molecule has 0 saturated carbocycles. The van der Waals surface area contributed by atoms with E-state index in [4.69, 9.17) is 0 Å². The molecule has 0 fully saturated rings. The van der Waals surface area contributed by atoms with Crippen LogP contribution in [0.3, 0.4) is 0 Å². The summed E-state index contributed by atoms with van der Waals surface area (Å²) < 4.78 is 5.80. The van der Waals surface area contributed by atoms with Crippen molar-refractivity contribution in [2.24, 2.45) is 0 Å². The molecule has 0 aliphatic rings. The van der Waals surface area contributed by atoms with Gasteiger partial charge in [-0.15, -0.1) is 57.6 Å². The first-order chi connectivity index (χ1) is 22.0. The second-order valence-electron chi connectivity index (χ2n) is 11.8. The van der Waals surface area contributed by atoms with Crippen molar-refractivity contribution in [3.8, 4) is 45.0 Å². The van der Waals surface area contributed by atoms with E-state index in [1.165, 1.54) is 22.3 Å². The van der Waals surface area contributed by atoms with E-state index in [0.717, 1.165) is 61.7 Å². The van der Waals surface area contributed by atoms with Crippen molar-refractivity contribution in [2.75, 3.05) is 0 Å². The van der Waals surface area contributed by atoms with Gasteiger partial charge in [0, 0.05) is 41.2 Å². The van der Waals surface area contributed by atoms with E-state index >= 15 is 0 Å². The molecule has 3 nitrogen and oxygen atoms in total. The number of aryl methyl sites for hydroxylation is 4. The fraction of sp³-hybridized carbons (Fsp3) is 0.0930. The van der Waals surface area contributed by atoms with Crippen molar-refractivity contribution in [2.45, 2.75) is 27.7 Å². The quantitative estimate of drug-likeness (QED) is 0.125. The summed E-state index contributed by atoms with van der Waals surface area (Å²) in [6, 6.07) is 32.9. The molecule has 0 spiro atoms. The molecule has 47 heavy (non-hydrogen) atoms. The van der Waals surface area contributed by atoms with Gasteiger partial charge in [0.25, 0.3) is 0 Å². The van der Waals surface area contributed by atoms with Crippen molar-refractivity contribution >= 4 is 0 Å². The summed E-state index contributed by atoms with van der Waals surface area (Å²) in [4.78, 5) is 0. The Hall–Kier alpha value is -5.02. The van der Waals surface area contributed by atoms with E-state index in [9.17, 15) is 0 Å². The predicted octanol–water partition coefficient (Wildman–Crippen LogP) is 8.60. The first-order valence-corrected chi connectivity index (χ1v) is 15.3. The van der Waals surface area contributed by atoms with E-state index < -0.39 is 0 Å². The van der Waals surface area contributed by atoms with Crippen LogP contribution in [0, 0.1) is 69.6 Å². The maximum atomic E-state index is 4.39. The van der Waals surface area contributed by atoms with E-state index in [1.54, 1.807) is 0 Å². The summed E-state index contributed by atoms with van der Waals surface area (Å²) in [5.41, 5.74) is 16.6. The molecule has 0 amide bonds. The average molecular weight is 793 g/mol. The monoisotopic (exact) mass is 793 g/mol. The normalized spacial score (nSPS) is 10.5. The van der Waals surface area contributed by atoms with E-state index in [-0.39, 0.29) is 20.1 Å². The summed E-state index contributed by atoms with van der Waals surface area (Å²) >= 11 is 0. The molecule has 3 heterocycles. The molecule has 4 heteroatoms. The standard InChI is InChI=1S/C22H21N.C21H21N2.Ir/c1-15-10-6-8-12-19(15)21-17(3)14-18(4)22(23(21)5)20-13-9-7-11-16(20)2;1-15-14-16(2)21(19-11-7-9-13-23(19)5)17(3)20(15)18-10-6-8-12-22(18)4;/h6-14H,1-2,5H2,3-4H3;6-14H,3-5H2,1-2H3;/q-2;-1;. The molecule has 0 bridgehead atoms. The zero-order chi connectivity index (χ0) is 33.1. The molecule has 0 N–H and O–H groups in total. The van der Waals surface area contributed by atoms with Crippen LogP contribution in [-0.4, -0.2) is 0 Å². The van der Waals surface area contributed by atoms with Crippen LogP contribution >= 0.6 is 0 Å². The second-order valence-corrected chi connectivity index (χ2v) is 11.8. The SMILES string of the molecule is [CH2-]c1c(-c2cccc[n+]2[CH2-])c(C)cc(C)c1-c1cccc[n+]1[CH2-].[CH2-]c1ccccc1-c1c(C)cc(C)c(-c2ccccc2[CH2-])[n+]1[CH2-].[Ir]. The van der Waals surface area contributed by atoms with Crippen molar-refractivity contribution < 1.29 is 33.8 Å². The smallest absolute Gasteiger partial charge is 0.0686 e. The molecule has 0 atom stereocenters. The molecule has 241 valence electrons. The van der Waals surface area contributed by atoms with Gasteiger partial charge in [-0.2, -0.15) is 49.6 Å². The third-order valence-corrected chi connectivity index (χ3v) is 8.48. The largest absolute Gasteiger partial charge is 0.347 e. The van der Waals surface area contributed by atoms with Gasteiger partial charge in [-0.3, -0.25) is 0 Å². The van der Waals surface area contributed by atoms with Gasteiger partial charge in [-0.05, 0) is 25.0 Å². The molecule has 6 aromatic rings. The fourth-order valence-electron chi connectivity index (χ4n) is 6.41. The van der Waals surface area contributed by atoms with Gasteiger partial charge >= 0.3 is 0 Å². The topological polar surface area (TPSA) is 11.6 Å². The third-order valence-electron chi connectivity index (χ3n) is 8.48. The third kappa shape index (κ3) is 6.90. The number of hydrogen-bond acceptors (Lipinski definition) is 0. The minimum Gasteiger partial charge on any atom is -0.347 e. The Bertz CT molecular complexity index is 1770. The number of rotatable bonds is 4. The number of pyridine rings is 3. The van der Waals surface area contributed by atoms with Crippen molar-refractivity contribution in [3.63, 3.8) is 0 Å². The van der Waals surface area contributed by atoms with E-state index in [0.29, 0.717) is 0 Å². The Morgan fingerprint density at radius 1 is 0.468 bits per heavy atom. The summed E-state index contributed by atoms with van der Waals surface area (Å²) in [7, 11) is 12.5. The van der Waals surface area contributed by atoms with Gasteiger partial charge in [0.05, 0.1) is 35.2 Å². The molecule has 3 aromatic heterocycles. The molecule has 0 aliphatic carbocycles. The van der Waals surface area contributed by atoms with Gasteiger partial charge in [0.15, 0.2) is 0 Å². The Morgan fingerprint density at radius 2 is 0.830 bits per heavy atom. The molecule has 0 unspecified atom stereocenters. The van der Waals surface area contributed by atoms with E-state index in [2.05, 4.69) is 106 Å². The molecular weight excluding hydrogens is 751 g/mol. The van der Waals surface area contributed by atoms with Gasteiger partial charge in [-0.1, -0.05) is 74.5 Å². The molecule has 1 radical (unpaired) electrons. The maximum Gasteiger partial charge on any atom is 0.0686 e. The molecule has 3 aromatic carbocycles. The van der Waals surface area contributed by atoms with Crippen molar-refractivity contribution in [1.29, 1.82) is 0 Å². The number of nitrogens with zero attached hydrogens (tertiary/aromatic N) is 3. The zero-order valence-corrected chi connectivity index (χ0v) is 30.2. The van der Waals surface area contributed by atoms with Crippen LogP contribution in [0.2, 0.25) is 0 Å². The summed E-state index contributed by atoms with van der Waals surface area (Å²) in [6.07, 6.45) is 3.91. The second kappa shape index (κ2) is 14.6. The van der Waals surface area contributed by atoms with Gasteiger partial charge in [0.1, 0.15) is 0 Å². The van der Waals surface area contributed by atoms with Crippen LogP contribution in [0.1, 0.15) is 38.9 Å². The Labute approximate surface area is 295 Å². The zero-order valence-electron chi connectivity index (χ0n) is 27.8. The molecule has 0 saturated heterocycles. The molecule has 6 rings (SSSR count). The number of benzene rings is 3. The maximum absolute atomic E-state index is 4.39. The summed E-state index contributed by atoms with van der Waals surface area (Å²) in [6.45, 7) is 21.2. The minimum atomic E-state index is 0. The number of hydrogen-bond donors (Lipinski definition) is 0. The summed E-state index contributed by atoms with van der Waals surface area (Å²) in [5, 5.41) is 0. The fourth-order valence-corrected chi connectivity index (χ4v) is 6.41. The first kappa shape index (κ1) is 34.8. The molecular formula is C43H42IrN3-3. The van der Waals surface area contributed by atoms with E-state index in [1.807, 2.05) is 86.8 Å². The Morgan fingerprint density at radius 3 is 1.21 bits per heavy atom. The Kier molecular flexibility index (Phi) is 10.8.